The third-order valence-electron chi connectivity index (χ3n) is 2.92. The minimum atomic E-state index is -0.960. The van der Waals surface area contributed by atoms with E-state index < -0.39 is 11.9 Å². The standard InChI is InChI=1S/C15H22N2O4/c1-2-21-10-6-9-16-15(20)17-11-13(14(18)19)12-7-4-3-5-8-12/h3-5,7-8,13H,2,6,9-11H2,1H3,(H,18,19)(H2,16,17,20). The molecule has 0 aliphatic rings. The van der Waals surface area contributed by atoms with E-state index in [1.165, 1.54) is 0 Å². The SMILES string of the molecule is CCOCCCNC(=O)NCC(C(=O)O)c1ccccc1. The molecule has 6 nitrogen and oxygen atoms in total. The maximum atomic E-state index is 11.6. The highest BCUT2D eigenvalue weighted by Crippen LogP contribution is 2.14. The molecule has 0 spiro atoms. The molecule has 1 aromatic rings. The highest BCUT2D eigenvalue weighted by Gasteiger charge is 2.20. The molecule has 0 aliphatic heterocycles. The monoisotopic (exact) mass is 294 g/mol. The van der Waals surface area contributed by atoms with Crippen molar-refractivity contribution < 1.29 is 19.4 Å². The molecule has 0 heterocycles. The molecule has 1 atom stereocenters. The molecule has 21 heavy (non-hydrogen) atoms. The van der Waals surface area contributed by atoms with Crippen LogP contribution in [0.1, 0.15) is 24.8 Å². The van der Waals surface area contributed by atoms with Crippen molar-refractivity contribution in [2.24, 2.45) is 0 Å². The van der Waals surface area contributed by atoms with Gasteiger partial charge in [0.15, 0.2) is 0 Å². The van der Waals surface area contributed by atoms with Crippen LogP contribution in [0.4, 0.5) is 4.79 Å². The fourth-order valence-electron chi connectivity index (χ4n) is 1.81. The number of aliphatic carboxylic acids is 1. The van der Waals surface area contributed by atoms with E-state index in [9.17, 15) is 14.7 Å². The Morgan fingerprint density at radius 3 is 2.57 bits per heavy atom. The van der Waals surface area contributed by atoms with Gasteiger partial charge in [0.05, 0.1) is 5.92 Å². The van der Waals surface area contributed by atoms with Gasteiger partial charge in [-0.15, -0.1) is 0 Å². The lowest BCUT2D eigenvalue weighted by molar-refractivity contribution is -0.138. The number of hydrogen-bond donors (Lipinski definition) is 3. The normalized spacial score (nSPS) is 11.7. The summed E-state index contributed by atoms with van der Waals surface area (Å²) in [6.07, 6.45) is 0.725. The molecule has 116 valence electrons. The van der Waals surface area contributed by atoms with E-state index >= 15 is 0 Å². The fraction of sp³-hybridized carbons (Fsp3) is 0.467. The molecular weight excluding hydrogens is 272 g/mol. The van der Waals surface area contributed by atoms with E-state index in [1.54, 1.807) is 24.3 Å². The number of carboxylic acid groups (broad SMARTS) is 1. The molecule has 0 aromatic heterocycles. The summed E-state index contributed by atoms with van der Waals surface area (Å²) < 4.78 is 5.15. The van der Waals surface area contributed by atoms with E-state index in [4.69, 9.17) is 4.74 Å². The van der Waals surface area contributed by atoms with Crippen molar-refractivity contribution in [2.45, 2.75) is 19.3 Å². The van der Waals surface area contributed by atoms with E-state index in [2.05, 4.69) is 10.6 Å². The molecule has 6 heteroatoms. The Labute approximate surface area is 124 Å². The Bertz CT molecular complexity index is 437. The van der Waals surface area contributed by atoms with Crippen LogP contribution < -0.4 is 10.6 Å². The average Bonchev–Trinajstić information content (AvgIpc) is 2.48. The Morgan fingerprint density at radius 2 is 1.95 bits per heavy atom. The van der Waals surface area contributed by atoms with Crippen LogP contribution in [0.2, 0.25) is 0 Å². The number of benzene rings is 1. The molecule has 3 N–H and O–H groups in total. The molecule has 0 radical (unpaired) electrons. The van der Waals surface area contributed by atoms with Crippen LogP contribution in [-0.2, 0) is 9.53 Å². The van der Waals surface area contributed by atoms with E-state index in [-0.39, 0.29) is 12.6 Å². The van der Waals surface area contributed by atoms with E-state index in [0.29, 0.717) is 25.3 Å². The number of urea groups is 1. The maximum absolute atomic E-state index is 11.6. The van der Waals surface area contributed by atoms with Gasteiger partial charge in [-0.1, -0.05) is 30.3 Å². The predicted octanol–water partition coefficient (Wildman–Crippen LogP) is 1.58. The minimum absolute atomic E-state index is 0.0522. The van der Waals surface area contributed by atoms with Gasteiger partial charge < -0.3 is 20.5 Å². The first-order chi connectivity index (χ1) is 10.1. The van der Waals surface area contributed by atoms with Gasteiger partial charge in [-0.2, -0.15) is 0 Å². The molecule has 0 saturated carbocycles. The zero-order chi connectivity index (χ0) is 15.5. The second kappa shape index (κ2) is 9.77. The van der Waals surface area contributed by atoms with Gasteiger partial charge in [-0.05, 0) is 18.9 Å². The number of ether oxygens (including phenoxy) is 1. The van der Waals surface area contributed by atoms with Gasteiger partial charge >= 0.3 is 12.0 Å². The van der Waals surface area contributed by atoms with Crippen molar-refractivity contribution in [3.05, 3.63) is 35.9 Å². The summed E-state index contributed by atoms with van der Waals surface area (Å²) in [5.74, 6) is -1.71. The number of amides is 2. The number of carbonyl (C=O) groups excluding carboxylic acids is 1. The quantitative estimate of drug-likeness (QED) is 0.603. The van der Waals surface area contributed by atoms with Gasteiger partial charge in [-0.25, -0.2) is 4.79 Å². The molecule has 1 aromatic carbocycles. The van der Waals surface area contributed by atoms with Crippen molar-refractivity contribution in [2.75, 3.05) is 26.3 Å². The smallest absolute Gasteiger partial charge is 0.314 e. The lowest BCUT2D eigenvalue weighted by Crippen LogP contribution is -2.39. The number of rotatable bonds is 9. The predicted molar refractivity (Wildman–Crippen MR) is 79.3 cm³/mol. The van der Waals surface area contributed by atoms with Crippen LogP contribution in [0.3, 0.4) is 0 Å². The van der Waals surface area contributed by atoms with Crippen LogP contribution in [0.15, 0.2) is 30.3 Å². The molecule has 0 fully saturated rings. The van der Waals surface area contributed by atoms with Crippen molar-refractivity contribution in [3.8, 4) is 0 Å². The van der Waals surface area contributed by atoms with Crippen molar-refractivity contribution in [1.29, 1.82) is 0 Å². The van der Waals surface area contributed by atoms with Gasteiger partial charge in [-0.3, -0.25) is 4.79 Å². The van der Waals surface area contributed by atoms with E-state index in [1.807, 2.05) is 13.0 Å². The highest BCUT2D eigenvalue weighted by molar-refractivity contribution is 5.79. The molecule has 0 bridgehead atoms. The van der Waals surface area contributed by atoms with Crippen LogP contribution in [0.25, 0.3) is 0 Å². The number of carbonyl (C=O) groups is 2. The molecule has 0 aliphatic carbocycles. The van der Waals surface area contributed by atoms with Crippen LogP contribution >= 0.6 is 0 Å². The summed E-state index contributed by atoms with van der Waals surface area (Å²) in [6, 6.07) is 8.48. The lowest BCUT2D eigenvalue weighted by Gasteiger charge is -2.14. The summed E-state index contributed by atoms with van der Waals surface area (Å²) in [6.45, 7) is 3.71. The number of hydrogen-bond acceptors (Lipinski definition) is 3. The molecular formula is C15H22N2O4. The average molecular weight is 294 g/mol. The summed E-state index contributed by atoms with van der Waals surface area (Å²) in [5.41, 5.74) is 0.668. The Hall–Kier alpha value is -2.08. The van der Waals surface area contributed by atoms with Gasteiger partial charge in [0.1, 0.15) is 0 Å². The largest absolute Gasteiger partial charge is 0.481 e. The summed E-state index contributed by atoms with van der Waals surface area (Å²) in [4.78, 5) is 22.8. The third kappa shape index (κ3) is 6.76. The first-order valence-electron chi connectivity index (χ1n) is 7.02. The maximum Gasteiger partial charge on any atom is 0.314 e. The highest BCUT2D eigenvalue weighted by atomic mass is 16.5. The Morgan fingerprint density at radius 1 is 1.24 bits per heavy atom. The first kappa shape index (κ1) is 17.0. The summed E-state index contributed by atoms with van der Waals surface area (Å²) in [7, 11) is 0. The zero-order valence-electron chi connectivity index (χ0n) is 12.2. The number of nitrogens with one attached hydrogen (secondary N) is 2. The zero-order valence-corrected chi connectivity index (χ0v) is 12.2. The van der Waals surface area contributed by atoms with Gasteiger partial charge in [0.25, 0.3) is 0 Å². The Kier molecular flexibility index (Phi) is 7.89. The molecule has 2 amide bonds. The Balaban J connectivity index is 2.34. The van der Waals surface area contributed by atoms with Gasteiger partial charge in [0, 0.05) is 26.3 Å². The molecule has 1 unspecified atom stereocenters. The number of carboxylic acids is 1. The summed E-state index contributed by atoms with van der Waals surface area (Å²) in [5, 5.41) is 14.5. The third-order valence-corrected chi connectivity index (χ3v) is 2.92. The topological polar surface area (TPSA) is 87.7 Å². The summed E-state index contributed by atoms with van der Waals surface area (Å²) >= 11 is 0. The second-order valence-corrected chi connectivity index (χ2v) is 4.49. The fourth-order valence-corrected chi connectivity index (χ4v) is 1.81. The van der Waals surface area contributed by atoms with Crippen molar-refractivity contribution in [1.82, 2.24) is 10.6 Å². The molecule has 1 rings (SSSR count). The van der Waals surface area contributed by atoms with Crippen LogP contribution in [0.5, 0.6) is 0 Å². The van der Waals surface area contributed by atoms with Crippen molar-refractivity contribution >= 4 is 12.0 Å². The first-order valence-corrected chi connectivity index (χ1v) is 7.02. The second-order valence-electron chi connectivity index (χ2n) is 4.49. The van der Waals surface area contributed by atoms with Crippen LogP contribution in [-0.4, -0.2) is 43.4 Å². The molecule has 0 saturated heterocycles. The van der Waals surface area contributed by atoms with E-state index in [0.717, 1.165) is 6.42 Å². The van der Waals surface area contributed by atoms with Crippen LogP contribution in [0, 0.1) is 0 Å². The lowest BCUT2D eigenvalue weighted by atomic mass is 9.99. The van der Waals surface area contributed by atoms with Gasteiger partial charge in [0.2, 0.25) is 0 Å². The van der Waals surface area contributed by atoms with Crippen molar-refractivity contribution in [3.63, 3.8) is 0 Å². The minimum Gasteiger partial charge on any atom is -0.481 e.